The Morgan fingerprint density at radius 2 is 2.12 bits per heavy atom. The van der Waals surface area contributed by atoms with Crippen LogP contribution in [0.25, 0.3) is 5.69 Å². The summed E-state index contributed by atoms with van der Waals surface area (Å²) in [6.45, 7) is 3.92. The Balaban J connectivity index is 2.50. The van der Waals surface area contributed by atoms with Crippen molar-refractivity contribution in [2.24, 2.45) is 0 Å². The molecule has 0 aliphatic carbocycles. The van der Waals surface area contributed by atoms with Crippen LogP contribution in [0.5, 0.6) is 0 Å². The van der Waals surface area contributed by atoms with Crippen LogP contribution in [0, 0.1) is 19.7 Å². The highest BCUT2D eigenvalue weighted by molar-refractivity contribution is 5.37. The number of hydrogen-bond donors (Lipinski definition) is 1. The first kappa shape index (κ1) is 11.8. The summed E-state index contributed by atoms with van der Waals surface area (Å²) < 4.78 is 14.9. The molecule has 0 bridgehead atoms. The first-order valence-corrected chi connectivity index (χ1v) is 5.55. The molecule has 0 aliphatic rings. The second-order valence-corrected chi connectivity index (χ2v) is 4.01. The quantitative estimate of drug-likeness (QED) is 0.883. The standard InChI is InChI=1S/C13H15FN2O/c1-9-13(6-7-17)10(2)16(15-9)12-5-3-4-11(14)8-12/h3-5,8,17H,6-7H2,1-2H3. The molecular weight excluding hydrogens is 219 g/mol. The van der Waals surface area contributed by atoms with Gasteiger partial charge < -0.3 is 5.11 Å². The third kappa shape index (κ3) is 2.22. The van der Waals surface area contributed by atoms with Crippen molar-refractivity contribution >= 4 is 0 Å². The van der Waals surface area contributed by atoms with Crippen LogP contribution in [-0.2, 0) is 6.42 Å². The van der Waals surface area contributed by atoms with Crippen LogP contribution in [0.2, 0.25) is 0 Å². The van der Waals surface area contributed by atoms with E-state index in [0.717, 1.165) is 17.0 Å². The highest BCUT2D eigenvalue weighted by atomic mass is 19.1. The van der Waals surface area contributed by atoms with Gasteiger partial charge in [0, 0.05) is 12.3 Å². The molecule has 1 N–H and O–H groups in total. The molecule has 2 rings (SSSR count). The average molecular weight is 234 g/mol. The zero-order valence-electron chi connectivity index (χ0n) is 9.94. The minimum Gasteiger partial charge on any atom is -0.396 e. The van der Waals surface area contributed by atoms with E-state index >= 15 is 0 Å². The Kier molecular flexibility index (Phi) is 3.24. The molecule has 0 saturated carbocycles. The molecule has 4 heteroatoms. The van der Waals surface area contributed by atoms with Gasteiger partial charge in [0.2, 0.25) is 0 Å². The summed E-state index contributed by atoms with van der Waals surface area (Å²) in [4.78, 5) is 0. The lowest BCUT2D eigenvalue weighted by Crippen LogP contribution is -2.00. The van der Waals surface area contributed by atoms with Gasteiger partial charge in [0.1, 0.15) is 5.82 Å². The van der Waals surface area contributed by atoms with Crippen LogP contribution in [0.4, 0.5) is 4.39 Å². The van der Waals surface area contributed by atoms with Gasteiger partial charge in [-0.2, -0.15) is 5.10 Å². The lowest BCUT2D eigenvalue weighted by molar-refractivity contribution is 0.299. The topological polar surface area (TPSA) is 38.0 Å². The van der Waals surface area contributed by atoms with Gasteiger partial charge in [0.25, 0.3) is 0 Å². The molecule has 2 aromatic rings. The minimum atomic E-state index is -0.279. The summed E-state index contributed by atoms with van der Waals surface area (Å²) in [5.41, 5.74) is 3.55. The first-order valence-electron chi connectivity index (χ1n) is 5.55. The van der Waals surface area contributed by atoms with Crippen LogP contribution in [0.15, 0.2) is 24.3 Å². The van der Waals surface area contributed by atoms with E-state index in [1.54, 1.807) is 10.7 Å². The largest absolute Gasteiger partial charge is 0.396 e. The predicted molar refractivity (Wildman–Crippen MR) is 63.8 cm³/mol. The van der Waals surface area contributed by atoms with Crippen molar-refractivity contribution in [1.82, 2.24) is 9.78 Å². The van der Waals surface area contributed by atoms with E-state index in [4.69, 9.17) is 5.11 Å². The second kappa shape index (κ2) is 4.67. The van der Waals surface area contributed by atoms with Crippen molar-refractivity contribution < 1.29 is 9.50 Å². The fourth-order valence-electron chi connectivity index (χ4n) is 2.01. The molecule has 0 amide bonds. The molecule has 3 nitrogen and oxygen atoms in total. The summed E-state index contributed by atoms with van der Waals surface area (Å²) >= 11 is 0. The summed E-state index contributed by atoms with van der Waals surface area (Å²) in [7, 11) is 0. The van der Waals surface area contributed by atoms with Gasteiger partial charge in [-0.3, -0.25) is 0 Å². The van der Waals surface area contributed by atoms with Gasteiger partial charge in [-0.15, -0.1) is 0 Å². The van der Waals surface area contributed by atoms with Gasteiger partial charge in [0.15, 0.2) is 0 Å². The molecule has 0 aliphatic heterocycles. The van der Waals surface area contributed by atoms with Crippen molar-refractivity contribution in [3.8, 4) is 5.69 Å². The average Bonchev–Trinajstić information content (AvgIpc) is 2.57. The Morgan fingerprint density at radius 3 is 2.76 bits per heavy atom. The van der Waals surface area contributed by atoms with Crippen molar-refractivity contribution in [2.75, 3.05) is 6.61 Å². The molecule has 0 atom stereocenters. The molecule has 0 saturated heterocycles. The smallest absolute Gasteiger partial charge is 0.125 e. The van der Waals surface area contributed by atoms with E-state index in [0.29, 0.717) is 12.1 Å². The van der Waals surface area contributed by atoms with E-state index in [9.17, 15) is 4.39 Å². The van der Waals surface area contributed by atoms with Crippen molar-refractivity contribution in [2.45, 2.75) is 20.3 Å². The fraction of sp³-hybridized carbons (Fsp3) is 0.308. The highest BCUT2D eigenvalue weighted by Gasteiger charge is 2.12. The summed E-state index contributed by atoms with van der Waals surface area (Å²) in [6.07, 6.45) is 0.576. The molecule has 1 heterocycles. The Hall–Kier alpha value is -1.68. The maximum atomic E-state index is 13.2. The normalized spacial score (nSPS) is 10.8. The summed E-state index contributed by atoms with van der Waals surface area (Å²) in [5, 5.41) is 13.4. The van der Waals surface area contributed by atoms with Crippen LogP contribution in [0.3, 0.4) is 0 Å². The predicted octanol–water partition coefficient (Wildman–Crippen LogP) is 2.16. The lowest BCUT2D eigenvalue weighted by atomic mass is 10.1. The summed E-state index contributed by atoms with van der Waals surface area (Å²) in [6, 6.07) is 6.32. The van der Waals surface area contributed by atoms with Gasteiger partial charge >= 0.3 is 0 Å². The van der Waals surface area contributed by atoms with Crippen LogP contribution in [-0.4, -0.2) is 21.5 Å². The monoisotopic (exact) mass is 234 g/mol. The Bertz CT molecular complexity index is 534. The third-order valence-electron chi connectivity index (χ3n) is 2.86. The lowest BCUT2D eigenvalue weighted by Gasteiger charge is -2.05. The molecule has 90 valence electrons. The number of aryl methyl sites for hydroxylation is 1. The number of rotatable bonds is 3. The molecule has 0 fully saturated rings. The zero-order chi connectivity index (χ0) is 12.4. The molecular formula is C13H15FN2O. The molecule has 0 radical (unpaired) electrons. The number of hydrogen-bond acceptors (Lipinski definition) is 2. The third-order valence-corrected chi connectivity index (χ3v) is 2.86. The maximum Gasteiger partial charge on any atom is 0.125 e. The highest BCUT2D eigenvalue weighted by Crippen LogP contribution is 2.18. The molecule has 0 unspecified atom stereocenters. The van der Waals surface area contributed by atoms with E-state index in [1.807, 2.05) is 19.9 Å². The van der Waals surface area contributed by atoms with Crippen LogP contribution >= 0.6 is 0 Å². The number of aliphatic hydroxyl groups is 1. The molecule has 1 aromatic heterocycles. The van der Waals surface area contributed by atoms with E-state index in [-0.39, 0.29) is 12.4 Å². The van der Waals surface area contributed by atoms with Gasteiger partial charge in [-0.25, -0.2) is 9.07 Å². The van der Waals surface area contributed by atoms with Gasteiger partial charge in [-0.05, 0) is 44.0 Å². The first-order chi connectivity index (χ1) is 8.13. The molecule has 0 spiro atoms. The number of nitrogens with zero attached hydrogens (tertiary/aromatic N) is 2. The zero-order valence-corrected chi connectivity index (χ0v) is 9.94. The van der Waals surface area contributed by atoms with Crippen molar-refractivity contribution in [3.05, 3.63) is 47.0 Å². The Labute approximate surface area is 99.5 Å². The van der Waals surface area contributed by atoms with E-state index < -0.39 is 0 Å². The fourth-order valence-corrected chi connectivity index (χ4v) is 2.01. The Morgan fingerprint density at radius 1 is 1.35 bits per heavy atom. The van der Waals surface area contributed by atoms with Gasteiger partial charge in [-0.1, -0.05) is 6.07 Å². The molecule has 17 heavy (non-hydrogen) atoms. The maximum absolute atomic E-state index is 13.2. The van der Waals surface area contributed by atoms with Crippen molar-refractivity contribution in [1.29, 1.82) is 0 Å². The van der Waals surface area contributed by atoms with E-state index in [2.05, 4.69) is 5.10 Å². The summed E-state index contributed by atoms with van der Waals surface area (Å²) in [5.74, 6) is -0.279. The minimum absolute atomic E-state index is 0.0938. The number of aromatic nitrogens is 2. The molecule has 1 aromatic carbocycles. The number of aliphatic hydroxyl groups excluding tert-OH is 1. The number of benzene rings is 1. The second-order valence-electron chi connectivity index (χ2n) is 4.01. The number of halogens is 1. The van der Waals surface area contributed by atoms with E-state index in [1.165, 1.54) is 12.1 Å². The SMILES string of the molecule is Cc1nn(-c2cccc(F)c2)c(C)c1CCO. The van der Waals surface area contributed by atoms with Crippen LogP contribution < -0.4 is 0 Å². The van der Waals surface area contributed by atoms with Gasteiger partial charge in [0.05, 0.1) is 11.4 Å². The van der Waals surface area contributed by atoms with Crippen molar-refractivity contribution in [3.63, 3.8) is 0 Å². The van der Waals surface area contributed by atoms with Crippen LogP contribution in [0.1, 0.15) is 17.0 Å².